The Morgan fingerprint density at radius 3 is 2.39 bits per heavy atom. The van der Waals surface area contributed by atoms with Crippen LogP contribution in [0.25, 0.3) is 11.0 Å². The van der Waals surface area contributed by atoms with Crippen LogP contribution in [0.3, 0.4) is 0 Å². The molecule has 146 valence electrons. The molecule has 28 heavy (non-hydrogen) atoms. The first kappa shape index (κ1) is 19.8. The van der Waals surface area contributed by atoms with Crippen molar-refractivity contribution in [3.05, 3.63) is 74.0 Å². The summed E-state index contributed by atoms with van der Waals surface area (Å²) < 4.78 is 2.42. The molecule has 1 amide bonds. The van der Waals surface area contributed by atoms with E-state index in [1.807, 2.05) is 13.8 Å². The highest BCUT2D eigenvalue weighted by Gasteiger charge is 2.18. The molecule has 0 N–H and O–H groups in total. The molecule has 0 spiro atoms. The van der Waals surface area contributed by atoms with E-state index in [9.17, 15) is 14.4 Å². The molecule has 0 aliphatic heterocycles. The Balaban J connectivity index is 2.14. The quantitative estimate of drug-likeness (QED) is 0.635. The first-order valence-electron chi connectivity index (χ1n) is 9.06. The van der Waals surface area contributed by atoms with E-state index in [2.05, 4.69) is 4.98 Å². The monoisotopic (exact) mass is 400 g/mol. The summed E-state index contributed by atoms with van der Waals surface area (Å²) in [4.78, 5) is 44.4. The van der Waals surface area contributed by atoms with Gasteiger partial charge in [0.15, 0.2) is 5.52 Å². The summed E-state index contributed by atoms with van der Waals surface area (Å²) in [5.41, 5.74) is 0.234. The van der Waals surface area contributed by atoms with Gasteiger partial charge in [-0.1, -0.05) is 23.7 Å². The van der Waals surface area contributed by atoms with Crippen molar-refractivity contribution in [2.75, 3.05) is 13.1 Å². The third-order valence-electron chi connectivity index (χ3n) is 4.65. The zero-order valence-corrected chi connectivity index (χ0v) is 16.5. The van der Waals surface area contributed by atoms with Crippen LogP contribution in [0.15, 0.2) is 52.2 Å². The zero-order chi connectivity index (χ0) is 20.3. The normalized spacial score (nSPS) is 11.0. The number of fused-ring (bicyclic) bond motifs is 1. The average Bonchev–Trinajstić information content (AvgIpc) is 2.71. The highest BCUT2D eigenvalue weighted by molar-refractivity contribution is 6.30. The lowest BCUT2D eigenvalue weighted by Crippen LogP contribution is -2.43. The van der Waals surface area contributed by atoms with Crippen LogP contribution in [0, 0.1) is 0 Å². The van der Waals surface area contributed by atoms with Gasteiger partial charge in [-0.15, -0.1) is 0 Å². The summed E-state index contributed by atoms with van der Waals surface area (Å²) in [6.45, 7) is 4.77. The van der Waals surface area contributed by atoms with E-state index in [-0.39, 0.29) is 24.5 Å². The molecule has 1 aromatic carbocycles. The van der Waals surface area contributed by atoms with Crippen molar-refractivity contribution in [1.29, 1.82) is 0 Å². The van der Waals surface area contributed by atoms with Crippen LogP contribution in [0.4, 0.5) is 0 Å². The van der Waals surface area contributed by atoms with Crippen molar-refractivity contribution >= 4 is 28.5 Å². The fourth-order valence-electron chi connectivity index (χ4n) is 3.12. The van der Waals surface area contributed by atoms with Gasteiger partial charge in [-0.25, -0.2) is 9.78 Å². The minimum Gasteiger partial charge on any atom is -0.342 e. The van der Waals surface area contributed by atoms with Crippen molar-refractivity contribution < 1.29 is 4.79 Å². The van der Waals surface area contributed by atoms with E-state index < -0.39 is 11.2 Å². The van der Waals surface area contributed by atoms with Crippen LogP contribution in [-0.2, 0) is 17.9 Å². The summed E-state index contributed by atoms with van der Waals surface area (Å²) in [5, 5.41) is 0.568. The van der Waals surface area contributed by atoms with E-state index >= 15 is 0 Å². The van der Waals surface area contributed by atoms with Gasteiger partial charge >= 0.3 is 5.69 Å². The number of benzene rings is 1. The third kappa shape index (κ3) is 3.84. The average molecular weight is 401 g/mol. The largest absolute Gasteiger partial charge is 0.342 e. The molecule has 0 unspecified atom stereocenters. The van der Waals surface area contributed by atoms with Crippen LogP contribution in [0.5, 0.6) is 0 Å². The van der Waals surface area contributed by atoms with Crippen LogP contribution < -0.4 is 11.2 Å². The second-order valence-corrected chi connectivity index (χ2v) is 6.76. The predicted molar refractivity (Wildman–Crippen MR) is 109 cm³/mol. The molecule has 0 atom stereocenters. The molecule has 0 aliphatic rings. The van der Waals surface area contributed by atoms with Crippen molar-refractivity contribution in [3.8, 4) is 0 Å². The minimum absolute atomic E-state index is 0.0702. The van der Waals surface area contributed by atoms with Gasteiger partial charge in [0.05, 0.1) is 12.1 Å². The highest BCUT2D eigenvalue weighted by atomic mass is 35.5. The number of carbonyl (C=O) groups excluding carboxylic acids is 1. The van der Waals surface area contributed by atoms with Crippen molar-refractivity contribution in [2.45, 2.75) is 26.9 Å². The van der Waals surface area contributed by atoms with E-state index in [0.717, 1.165) is 10.1 Å². The van der Waals surface area contributed by atoms with Crippen LogP contribution in [-0.4, -0.2) is 38.0 Å². The van der Waals surface area contributed by atoms with Gasteiger partial charge < -0.3 is 4.90 Å². The minimum atomic E-state index is -0.541. The Morgan fingerprint density at radius 2 is 1.75 bits per heavy atom. The van der Waals surface area contributed by atoms with Gasteiger partial charge in [-0.3, -0.25) is 18.7 Å². The number of nitrogens with zero attached hydrogens (tertiary/aromatic N) is 4. The molecule has 7 nitrogen and oxygen atoms in total. The van der Waals surface area contributed by atoms with Gasteiger partial charge in [-0.05, 0) is 43.7 Å². The van der Waals surface area contributed by atoms with Gasteiger partial charge in [0.2, 0.25) is 5.91 Å². The number of pyridine rings is 1. The van der Waals surface area contributed by atoms with Gasteiger partial charge in [0, 0.05) is 24.3 Å². The smallest absolute Gasteiger partial charge is 0.332 e. The Bertz CT molecular complexity index is 1110. The Morgan fingerprint density at radius 1 is 1.07 bits per heavy atom. The fraction of sp³-hybridized carbons (Fsp3) is 0.300. The maximum absolute atomic E-state index is 13.1. The van der Waals surface area contributed by atoms with Crippen molar-refractivity contribution in [1.82, 2.24) is 19.0 Å². The van der Waals surface area contributed by atoms with Gasteiger partial charge in [0.1, 0.15) is 6.54 Å². The van der Waals surface area contributed by atoms with Gasteiger partial charge in [-0.2, -0.15) is 0 Å². The molecule has 3 rings (SSSR count). The fourth-order valence-corrected chi connectivity index (χ4v) is 3.25. The highest BCUT2D eigenvalue weighted by Crippen LogP contribution is 2.11. The molecule has 2 aromatic heterocycles. The number of hydrogen-bond donors (Lipinski definition) is 0. The molecule has 0 fully saturated rings. The lowest BCUT2D eigenvalue weighted by Gasteiger charge is -2.20. The molecule has 2 heterocycles. The number of halogens is 1. The molecule has 0 bridgehead atoms. The zero-order valence-electron chi connectivity index (χ0n) is 15.8. The molecule has 0 saturated carbocycles. The molecule has 0 aliphatic carbocycles. The number of amides is 1. The van der Waals surface area contributed by atoms with E-state index in [1.54, 1.807) is 41.3 Å². The van der Waals surface area contributed by atoms with Crippen LogP contribution in [0.1, 0.15) is 19.4 Å². The summed E-state index contributed by atoms with van der Waals surface area (Å²) in [6.07, 6.45) is 1.50. The third-order valence-corrected chi connectivity index (χ3v) is 4.90. The Kier molecular flexibility index (Phi) is 5.94. The second-order valence-electron chi connectivity index (χ2n) is 6.32. The number of aromatic nitrogens is 3. The van der Waals surface area contributed by atoms with Crippen LogP contribution in [0.2, 0.25) is 5.02 Å². The molecule has 3 aromatic rings. The molecular formula is C20H21ClN4O3. The summed E-state index contributed by atoms with van der Waals surface area (Å²) in [6, 6.07) is 10.2. The maximum atomic E-state index is 13.1. The number of likely N-dealkylation sites (N-methyl/N-ethyl adjacent to an activating group) is 1. The standard InChI is InChI=1S/C20H21ClN4O3/c1-3-23(4-2)17(26)13-24-16-6-5-11-22-18(16)19(27)25(20(24)28)12-14-7-9-15(21)10-8-14/h5-11H,3-4,12-13H2,1-2H3. The summed E-state index contributed by atoms with van der Waals surface area (Å²) in [5.74, 6) is -0.186. The molecule has 0 saturated heterocycles. The number of rotatable bonds is 6. The Labute approximate surface area is 166 Å². The first-order chi connectivity index (χ1) is 13.5. The van der Waals surface area contributed by atoms with E-state index in [1.165, 1.54) is 10.8 Å². The van der Waals surface area contributed by atoms with Gasteiger partial charge in [0.25, 0.3) is 5.56 Å². The molecule has 0 radical (unpaired) electrons. The lowest BCUT2D eigenvalue weighted by atomic mass is 10.2. The SMILES string of the molecule is CCN(CC)C(=O)Cn1c(=O)n(Cc2ccc(Cl)cc2)c(=O)c2ncccc21. The van der Waals surface area contributed by atoms with Crippen LogP contribution >= 0.6 is 11.6 Å². The maximum Gasteiger partial charge on any atom is 0.332 e. The Hall–Kier alpha value is -2.93. The number of hydrogen-bond acceptors (Lipinski definition) is 4. The molecule has 8 heteroatoms. The molecular weight excluding hydrogens is 380 g/mol. The second kappa shape index (κ2) is 8.39. The summed E-state index contributed by atoms with van der Waals surface area (Å²) >= 11 is 5.91. The predicted octanol–water partition coefficient (Wildman–Crippen LogP) is 2.13. The lowest BCUT2D eigenvalue weighted by molar-refractivity contribution is -0.131. The van der Waals surface area contributed by atoms with Crippen molar-refractivity contribution in [2.24, 2.45) is 0 Å². The number of carbonyl (C=O) groups is 1. The van der Waals surface area contributed by atoms with E-state index in [0.29, 0.717) is 23.6 Å². The topological polar surface area (TPSA) is 77.2 Å². The first-order valence-corrected chi connectivity index (χ1v) is 9.44. The van der Waals surface area contributed by atoms with Crippen molar-refractivity contribution in [3.63, 3.8) is 0 Å². The summed E-state index contributed by atoms with van der Waals surface area (Å²) in [7, 11) is 0. The van der Waals surface area contributed by atoms with E-state index in [4.69, 9.17) is 11.6 Å².